The first kappa shape index (κ1) is 15.9. The number of aromatic nitrogens is 1. The van der Waals surface area contributed by atoms with Crippen LogP contribution in [0.15, 0.2) is 63.8 Å². The number of carbonyl (C=O) groups excluding carboxylic acids is 1. The normalized spacial score (nSPS) is 10.7. The van der Waals surface area contributed by atoms with E-state index in [1.54, 1.807) is 18.2 Å². The molecule has 0 radical (unpaired) electrons. The van der Waals surface area contributed by atoms with Crippen molar-refractivity contribution in [2.75, 3.05) is 13.2 Å². The fourth-order valence-electron chi connectivity index (χ4n) is 2.33. The van der Waals surface area contributed by atoms with E-state index in [1.165, 1.54) is 4.57 Å². The molecule has 0 atom stereocenters. The highest BCUT2D eigenvalue weighted by molar-refractivity contribution is 5.73. The van der Waals surface area contributed by atoms with Gasteiger partial charge in [-0.1, -0.05) is 30.3 Å². The summed E-state index contributed by atoms with van der Waals surface area (Å²) in [5.74, 6) is -0.134. The molecule has 0 fully saturated rings. The molecular formula is C18H17NO5. The second kappa shape index (κ2) is 7.50. The first-order chi connectivity index (χ1) is 11.7. The topological polar surface area (TPSA) is 70.7 Å². The summed E-state index contributed by atoms with van der Waals surface area (Å²) in [5, 5.41) is 0. The van der Waals surface area contributed by atoms with Crippen molar-refractivity contribution in [1.82, 2.24) is 4.57 Å². The number of rotatable bonds is 7. The van der Waals surface area contributed by atoms with E-state index in [0.717, 1.165) is 5.75 Å². The van der Waals surface area contributed by atoms with Crippen molar-refractivity contribution in [3.63, 3.8) is 0 Å². The van der Waals surface area contributed by atoms with Gasteiger partial charge in [-0.2, -0.15) is 0 Å². The van der Waals surface area contributed by atoms with Crippen LogP contribution in [0.5, 0.6) is 5.75 Å². The highest BCUT2D eigenvalue weighted by Gasteiger charge is 2.11. The Morgan fingerprint density at radius 1 is 1.00 bits per heavy atom. The molecule has 24 heavy (non-hydrogen) atoms. The van der Waals surface area contributed by atoms with E-state index in [1.807, 2.05) is 36.4 Å². The van der Waals surface area contributed by atoms with Gasteiger partial charge < -0.3 is 13.9 Å². The van der Waals surface area contributed by atoms with E-state index in [0.29, 0.717) is 11.1 Å². The lowest BCUT2D eigenvalue weighted by molar-refractivity contribution is -0.144. The number of oxazole rings is 1. The van der Waals surface area contributed by atoms with Crippen LogP contribution in [0.25, 0.3) is 11.1 Å². The van der Waals surface area contributed by atoms with Crippen LogP contribution >= 0.6 is 0 Å². The maximum absolute atomic E-state index is 11.8. The molecule has 0 saturated carbocycles. The van der Waals surface area contributed by atoms with E-state index >= 15 is 0 Å². The van der Waals surface area contributed by atoms with E-state index in [2.05, 4.69) is 0 Å². The van der Waals surface area contributed by atoms with Gasteiger partial charge in [-0.25, -0.2) is 4.79 Å². The third kappa shape index (κ3) is 3.84. The van der Waals surface area contributed by atoms with Crippen LogP contribution in [-0.2, 0) is 16.1 Å². The molecule has 0 aliphatic heterocycles. The number of para-hydroxylation sites is 3. The van der Waals surface area contributed by atoms with Gasteiger partial charge in [0.05, 0.1) is 11.9 Å². The molecule has 0 aliphatic rings. The van der Waals surface area contributed by atoms with Crippen molar-refractivity contribution < 1.29 is 18.7 Å². The number of hydrogen-bond acceptors (Lipinski definition) is 5. The molecule has 6 heteroatoms. The van der Waals surface area contributed by atoms with Gasteiger partial charge in [-0.05, 0) is 24.3 Å². The van der Waals surface area contributed by atoms with Gasteiger partial charge in [-0.3, -0.25) is 9.36 Å². The molecule has 3 rings (SSSR count). The molecular weight excluding hydrogens is 310 g/mol. The lowest BCUT2D eigenvalue weighted by atomic mass is 10.3. The maximum atomic E-state index is 11.8. The molecule has 0 unspecified atom stereocenters. The Morgan fingerprint density at radius 3 is 2.58 bits per heavy atom. The SMILES string of the molecule is O=C(CCn1c(=O)oc2ccccc21)OCCOc1ccccc1. The second-order valence-corrected chi connectivity index (χ2v) is 5.12. The predicted octanol–water partition coefficient (Wildman–Crippen LogP) is 2.61. The molecule has 0 aliphatic carbocycles. The molecule has 6 nitrogen and oxygen atoms in total. The van der Waals surface area contributed by atoms with Gasteiger partial charge in [-0.15, -0.1) is 0 Å². The molecule has 3 aromatic rings. The molecule has 0 saturated heterocycles. The summed E-state index contributed by atoms with van der Waals surface area (Å²) in [6, 6.07) is 16.4. The lowest BCUT2D eigenvalue weighted by Crippen LogP contribution is -2.18. The van der Waals surface area contributed by atoms with E-state index in [-0.39, 0.29) is 32.1 Å². The average Bonchev–Trinajstić information content (AvgIpc) is 2.93. The van der Waals surface area contributed by atoms with Gasteiger partial charge >= 0.3 is 11.7 Å². The Morgan fingerprint density at radius 2 is 1.75 bits per heavy atom. The van der Waals surface area contributed by atoms with Crippen LogP contribution in [0.3, 0.4) is 0 Å². The molecule has 0 bridgehead atoms. The van der Waals surface area contributed by atoms with Crippen molar-refractivity contribution in [2.45, 2.75) is 13.0 Å². The van der Waals surface area contributed by atoms with Crippen LogP contribution in [0.1, 0.15) is 6.42 Å². The van der Waals surface area contributed by atoms with Gasteiger partial charge in [0, 0.05) is 6.54 Å². The number of aryl methyl sites for hydroxylation is 1. The van der Waals surface area contributed by atoms with Crippen LogP contribution in [-0.4, -0.2) is 23.8 Å². The third-order valence-electron chi connectivity index (χ3n) is 3.47. The molecule has 2 aromatic carbocycles. The Bertz CT molecular complexity index is 866. The summed E-state index contributed by atoms with van der Waals surface area (Å²) >= 11 is 0. The summed E-state index contributed by atoms with van der Waals surface area (Å²) in [6.45, 7) is 0.660. The molecule has 0 spiro atoms. The van der Waals surface area contributed by atoms with Gasteiger partial charge in [0.2, 0.25) is 0 Å². The van der Waals surface area contributed by atoms with Gasteiger partial charge in [0.25, 0.3) is 0 Å². The van der Waals surface area contributed by atoms with Crippen LogP contribution < -0.4 is 10.5 Å². The Kier molecular flexibility index (Phi) is 4.96. The minimum Gasteiger partial charge on any atom is -0.490 e. The Labute approximate surface area is 138 Å². The van der Waals surface area contributed by atoms with Crippen molar-refractivity contribution in [3.05, 3.63) is 65.1 Å². The first-order valence-corrected chi connectivity index (χ1v) is 7.66. The first-order valence-electron chi connectivity index (χ1n) is 7.66. The predicted molar refractivity (Wildman–Crippen MR) is 88.0 cm³/mol. The van der Waals surface area contributed by atoms with E-state index in [4.69, 9.17) is 13.9 Å². The number of carbonyl (C=O) groups is 1. The summed E-state index contributed by atoms with van der Waals surface area (Å²) < 4.78 is 17.1. The monoisotopic (exact) mass is 327 g/mol. The summed E-state index contributed by atoms with van der Waals surface area (Å²) in [4.78, 5) is 23.6. The van der Waals surface area contributed by atoms with Crippen molar-refractivity contribution in [2.24, 2.45) is 0 Å². The van der Waals surface area contributed by atoms with Crippen molar-refractivity contribution in [1.29, 1.82) is 0 Å². The van der Waals surface area contributed by atoms with Crippen LogP contribution in [0.2, 0.25) is 0 Å². The maximum Gasteiger partial charge on any atom is 0.419 e. The lowest BCUT2D eigenvalue weighted by Gasteiger charge is -2.07. The minimum atomic E-state index is -0.476. The number of fused-ring (bicyclic) bond motifs is 1. The quantitative estimate of drug-likeness (QED) is 0.493. The fraction of sp³-hybridized carbons (Fsp3) is 0.222. The molecule has 0 amide bonds. The van der Waals surface area contributed by atoms with Crippen molar-refractivity contribution in [3.8, 4) is 5.75 Å². The minimum absolute atomic E-state index is 0.0920. The number of ether oxygens (including phenoxy) is 2. The fourth-order valence-corrected chi connectivity index (χ4v) is 2.33. The van der Waals surface area contributed by atoms with Gasteiger partial charge in [0.15, 0.2) is 5.58 Å². The third-order valence-corrected chi connectivity index (χ3v) is 3.47. The number of esters is 1. The number of benzene rings is 2. The molecule has 0 N–H and O–H groups in total. The molecule has 1 heterocycles. The van der Waals surface area contributed by atoms with Crippen LogP contribution in [0, 0.1) is 0 Å². The summed E-state index contributed by atoms with van der Waals surface area (Å²) in [7, 11) is 0. The highest BCUT2D eigenvalue weighted by atomic mass is 16.6. The smallest absolute Gasteiger partial charge is 0.419 e. The zero-order valence-electron chi connectivity index (χ0n) is 13.0. The van der Waals surface area contributed by atoms with E-state index in [9.17, 15) is 9.59 Å². The molecule has 124 valence electrons. The number of nitrogens with zero attached hydrogens (tertiary/aromatic N) is 1. The zero-order chi connectivity index (χ0) is 16.8. The Hall–Kier alpha value is -3.02. The zero-order valence-corrected chi connectivity index (χ0v) is 13.0. The number of hydrogen-bond donors (Lipinski definition) is 0. The highest BCUT2D eigenvalue weighted by Crippen LogP contribution is 2.12. The summed E-state index contributed by atoms with van der Waals surface area (Å²) in [5.41, 5.74) is 1.18. The van der Waals surface area contributed by atoms with E-state index < -0.39 is 5.76 Å². The van der Waals surface area contributed by atoms with Crippen molar-refractivity contribution >= 4 is 17.1 Å². The standard InChI is InChI=1S/C18H17NO5/c20-17(23-13-12-22-14-6-2-1-3-7-14)10-11-19-15-8-4-5-9-16(15)24-18(19)21/h1-9H,10-13H2. The molecule has 1 aromatic heterocycles. The average molecular weight is 327 g/mol. The second-order valence-electron chi connectivity index (χ2n) is 5.12. The largest absolute Gasteiger partial charge is 0.490 e. The summed E-state index contributed by atoms with van der Waals surface area (Å²) in [6.07, 6.45) is 0.0920. The van der Waals surface area contributed by atoms with Crippen LogP contribution in [0.4, 0.5) is 0 Å². The van der Waals surface area contributed by atoms with Gasteiger partial charge in [0.1, 0.15) is 19.0 Å². The Balaban J connectivity index is 1.45.